The summed E-state index contributed by atoms with van der Waals surface area (Å²) in [6.45, 7) is 15.2. The van der Waals surface area contributed by atoms with E-state index >= 15 is 0 Å². The molecule has 1 nitrogen and oxygen atoms in total. The van der Waals surface area contributed by atoms with Crippen LogP contribution >= 0.6 is 0 Å². The number of aliphatic hydroxyl groups excluding tert-OH is 1. The maximum atomic E-state index is 11.3. The van der Waals surface area contributed by atoms with Crippen LogP contribution in [0.1, 0.15) is 71.6 Å². The molecule has 0 heterocycles. The highest BCUT2D eigenvalue weighted by atomic mass is 16.3. The molecule has 1 aliphatic rings. The van der Waals surface area contributed by atoms with Gasteiger partial charge in [0.05, 0.1) is 6.10 Å². The SMILES string of the molecule is CC1=C(C)C(c2ccc3ccccc3c2C(O)C(C)(C)C)C(C)=C1C. The fourth-order valence-electron chi connectivity index (χ4n) is 4.12. The Labute approximate surface area is 152 Å². The predicted octanol–water partition coefficient (Wildman–Crippen LogP) is 6.69. The third kappa shape index (κ3) is 2.85. The largest absolute Gasteiger partial charge is 0.388 e. The van der Waals surface area contributed by atoms with Crippen LogP contribution in [0.15, 0.2) is 58.7 Å². The van der Waals surface area contributed by atoms with Crippen molar-refractivity contribution < 1.29 is 5.11 Å². The molecule has 3 rings (SSSR count). The second kappa shape index (κ2) is 6.14. The molecule has 132 valence electrons. The van der Waals surface area contributed by atoms with Crippen molar-refractivity contribution in [3.63, 3.8) is 0 Å². The molecular weight excluding hydrogens is 304 g/mol. The number of hydrogen-bond acceptors (Lipinski definition) is 1. The molecular formula is C24H30O. The van der Waals surface area contributed by atoms with Gasteiger partial charge < -0.3 is 5.11 Å². The zero-order valence-electron chi connectivity index (χ0n) is 16.6. The van der Waals surface area contributed by atoms with E-state index in [1.54, 1.807) is 0 Å². The average Bonchev–Trinajstić information content (AvgIpc) is 2.76. The van der Waals surface area contributed by atoms with Crippen molar-refractivity contribution in [1.82, 2.24) is 0 Å². The lowest BCUT2D eigenvalue weighted by Crippen LogP contribution is -2.20. The minimum Gasteiger partial charge on any atom is -0.388 e. The summed E-state index contributed by atoms with van der Waals surface area (Å²) in [5.74, 6) is 0.275. The van der Waals surface area contributed by atoms with Gasteiger partial charge in [0, 0.05) is 5.92 Å². The number of fused-ring (bicyclic) bond motifs is 1. The Morgan fingerprint density at radius 1 is 0.840 bits per heavy atom. The van der Waals surface area contributed by atoms with Crippen LogP contribution in [0.2, 0.25) is 0 Å². The molecule has 0 bridgehead atoms. The fourth-order valence-corrected chi connectivity index (χ4v) is 4.12. The zero-order valence-corrected chi connectivity index (χ0v) is 16.6. The lowest BCUT2D eigenvalue weighted by molar-refractivity contribution is 0.0631. The van der Waals surface area contributed by atoms with E-state index < -0.39 is 6.10 Å². The second-order valence-electron chi connectivity index (χ2n) is 8.61. The lowest BCUT2D eigenvalue weighted by Gasteiger charge is -2.31. The first-order valence-electron chi connectivity index (χ1n) is 9.19. The van der Waals surface area contributed by atoms with Crippen LogP contribution in [0.25, 0.3) is 10.8 Å². The molecule has 0 radical (unpaired) electrons. The number of allylic oxidation sites excluding steroid dienone is 4. The molecule has 2 aromatic rings. The van der Waals surface area contributed by atoms with E-state index in [2.05, 4.69) is 84.9 Å². The number of hydrogen-bond donors (Lipinski definition) is 1. The minimum atomic E-state index is -0.504. The van der Waals surface area contributed by atoms with E-state index in [4.69, 9.17) is 0 Å². The molecule has 1 atom stereocenters. The van der Waals surface area contributed by atoms with Crippen molar-refractivity contribution in [2.45, 2.75) is 60.5 Å². The molecule has 0 saturated heterocycles. The highest BCUT2D eigenvalue weighted by molar-refractivity contribution is 5.88. The maximum absolute atomic E-state index is 11.3. The van der Waals surface area contributed by atoms with Gasteiger partial charge in [0.25, 0.3) is 0 Å². The molecule has 0 fully saturated rings. The van der Waals surface area contributed by atoms with Gasteiger partial charge in [-0.05, 0) is 66.2 Å². The first-order valence-corrected chi connectivity index (χ1v) is 9.19. The molecule has 1 N–H and O–H groups in total. The summed E-state index contributed by atoms with van der Waals surface area (Å²) in [6, 6.07) is 12.9. The Morgan fingerprint density at radius 3 is 1.96 bits per heavy atom. The third-order valence-corrected chi connectivity index (χ3v) is 6.02. The van der Waals surface area contributed by atoms with E-state index in [1.165, 1.54) is 38.6 Å². The standard InChI is InChI=1S/C24H30O/c1-14-15(2)17(4)21(16(14)3)20-13-12-18-10-8-9-11-19(18)22(20)23(25)24(5,6)7/h8-13,21,23,25H,1-7H3. The van der Waals surface area contributed by atoms with Crippen LogP contribution in [-0.4, -0.2) is 5.11 Å². The number of aliphatic hydroxyl groups is 1. The smallest absolute Gasteiger partial charge is 0.0847 e. The first kappa shape index (κ1) is 17.9. The number of benzene rings is 2. The summed E-state index contributed by atoms with van der Waals surface area (Å²) < 4.78 is 0. The van der Waals surface area contributed by atoms with Gasteiger partial charge in [0.1, 0.15) is 0 Å². The molecule has 1 unspecified atom stereocenters. The number of rotatable bonds is 2. The fraction of sp³-hybridized carbons (Fsp3) is 0.417. The van der Waals surface area contributed by atoms with Crippen LogP contribution < -0.4 is 0 Å². The van der Waals surface area contributed by atoms with Gasteiger partial charge in [0.15, 0.2) is 0 Å². The van der Waals surface area contributed by atoms with Gasteiger partial charge in [-0.2, -0.15) is 0 Å². The Balaban J connectivity index is 2.34. The lowest BCUT2D eigenvalue weighted by atomic mass is 9.76. The van der Waals surface area contributed by atoms with E-state index in [-0.39, 0.29) is 11.3 Å². The Morgan fingerprint density at radius 2 is 1.40 bits per heavy atom. The van der Waals surface area contributed by atoms with Crippen molar-refractivity contribution in [1.29, 1.82) is 0 Å². The summed E-state index contributed by atoms with van der Waals surface area (Å²) >= 11 is 0. The third-order valence-electron chi connectivity index (χ3n) is 6.02. The molecule has 0 amide bonds. The van der Waals surface area contributed by atoms with Crippen molar-refractivity contribution in [3.8, 4) is 0 Å². The Kier molecular flexibility index (Phi) is 4.41. The van der Waals surface area contributed by atoms with Crippen molar-refractivity contribution in [2.24, 2.45) is 5.41 Å². The van der Waals surface area contributed by atoms with Gasteiger partial charge >= 0.3 is 0 Å². The van der Waals surface area contributed by atoms with Crippen molar-refractivity contribution >= 4 is 10.8 Å². The van der Waals surface area contributed by atoms with Crippen molar-refractivity contribution in [2.75, 3.05) is 0 Å². The van der Waals surface area contributed by atoms with Gasteiger partial charge in [-0.25, -0.2) is 0 Å². The van der Waals surface area contributed by atoms with Gasteiger partial charge in [-0.3, -0.25) is 0 Å². The van der Waals surface area contributed by atoms with Crippen LogP contribution in [0.5, 0.6) is 0 Å². The van der Waals surface area contributed by atoms with Crippen LogP contribution in [0, 0.1) is 5.41 Å². The average molecular weight is 335 g/mol. The summed E-state index contributed by atoms with van der Waals surface area (Å²) in [4.78, 5) is 0. The van der Waals surface area contributed by atoms with Crippen LogP contribution in [0.4, 0.5) is 0 Å². The predicted molar refractivity (Wildman–Crippen MR) is 108 cm³/mol. The van der Waals surface area contributed by atoms with E-state index in [1.807, 2.05) is 0 Å². The van der Waals surface area contributed by atoms with Gasteiger partial charge in [-0.1, -0.05) is 68.3 Å². The van der Waals surface area contributed by atoms with Gasteiger partial charge in [0.2, 0.25) is 0 Å². The van der Waals surface area contributed by atoms with Crippen LogP contribution in [-0.2, 0) is 0 Å². The van der Waals surface area contributed by atoms with Crippen LogP contribution in [0.3, 0.4) is 0 Å². The first-order chi connectivity index (χ1) is 11.6. The van der Waals surface area contributed by atoms with E-state index in [0.717, 1.165) is 5.56 Å². The van der Waals surface area contributed by atoms with Gasteiger partial charge in [-0.15, -0.1) is 0 Å². The summed E-state index contributed by atoms with van der Waals surface area (Å²) in [5, 5.41) is 13.6. The van der Waals surface area contributed by atoms with E-state index in [0.29, 0.717) is 0 Å². The molecule has 1 aliphatic carbocycles. The van der Waals surface area contributed by atoms with E-state index in [9.17, 15) is 5.11 Å². The summed E-state index contributed by atoms with van der Waals surface area (Å²) in [7, 11) is 0. The molecule has 0 aromatic heterocycles. The molecule has 2 aromatic carbocycles. The monoisotopic (exact) mass is 334 g/mol. The maximum Gasteiger partial charge on any atom is 0.0847 e. The Hall–Kier alpha value is -1.86. The second-order valence-corrected chi connectivity index (χ2v) is 8.61. The van der Waals surface area contributed by atoms with Crippen molar-refractivity contribution in [3.05, 3.63) is 69.8 Å². The zero-order chi connectivity index (χ0) is 18.5. The summed E-state index contributed by atoms with van der Waals surface area (Å²) in [5.41, 5.74) is 7.75. The normalized spacial score (nSPS) is 17.8. The molecule has 25 heavy (non-hydrogen) atoms. The molecule has 0 aliphatic heterocycles. The highest BCUT2D eigenvalue weighted by Gasteiger charge is 2.33. The topological polar surface area (TPSA) is 20.2 Å². The summed E-state index contributed by atoms with van der Waals surface area (Å²) in [6.07, 6.45) is -0.504. The molecule has 1 heteroatoms. The quantitative estimate of drug-likeness (QED) is 0.648. The molecule has 0 saturated carbocycles. The minimum absolute atomic E-state index is 0.212. The highest BCUT2D eigenvalue weighted by Crippen LogP contribution is 2.48. The molecule has 0 spiro atoms. The Bertz CT molecular complexity index is 866.